The van der Waals surface area contributed by atoms with Crippen molar-refractivity contribution < 1.29 is 4.79 Å². The van der Waals surface area contributed by atoms with E-state index in [0.717, 1.165) is 33.0 Å². The Morgan fingerprint density at radius 1 is 1.12 bits per heavy atom. The van der Waals surface area contributed by atoms with E-state index in [4.69, 9.17) is 0 Å². The first-order valence-electron chi connectivity index (χ1n) is 7.45. The topological polar surface area (TPSA) is 51.1 Å². The van der Waals surface area contributed by atoms with Crippen LogP contribution >= 0.6 is 31.9 Å². The summed E-state index contributed by atoms with van der Waals surface area (Å²) in [6.07, 6.45) is 2.54. The third-order valence-electron chi connectivity index (χ3n) is 4.16. The number of amides is 1. The molecule has 4 rings (SSSR count). The first-order valence-corrected chi connectivity index (χ1v) is 9.04. The highest BCUT2D eigenvalue weighted by atomic mass is 79.9. The zero-order valence-electron chi connectivity index (χ0n) is 12.5. The number of halogens is 2. The van der Waals surface area contributed by atoms with E-state index in [-0.39, 0.29) is 11.0 Å². The summed E-state index contributed by atoms with van der Waals surface area (Å²) in [5.41, 5.74) is 2.63. The summed E-state index contributed by atoms with van der Waals surface area (Å²) in [6, 6.07) is 11.1. The molecule has 0 saturated heterocycles. The van der Waals surface area contributed by atoms with Gasteiger partial charge in [0.1, 0.15) is 5.56 Å². The summed E-state index contributed by atoms with van der Waals surface area (Å²) in [4.78, 5) is 25.4. The van der Waals surface area contributed by atoms with Gasteiger partial charge in [0.25, 0.3) is 5.91 Å². The predicted octanol–water partition coefficient (Wildman–Crippen LogP) is 4.33. The van der Waals surface area contributed by atoms with Crippen LogP contribution in [0.1, 0.15) is 15.9 Å². The van der Waals surface area contributed by atoms with Crippen molar-refractivity contribution in [2.24, 2.45) is 0 Å². The van der Waals surface area contributed by atoms with E-state index in [1.165, 1.54) is 0 Å². The zero-order valence-corrected chi connectivity index (χ0v) is 15.6. The molecule has 0 aliphatic carbocycles. The summed E-state index contributed by atoms with van der Waals surface area (Å²) >= 11 is 6.82. The molecule has 1 aliphatic heterocycles. The van der Waals surface area contributed by atoms with E-state index in [0.29, 0.717) is 11.1 Å². The van der Waals surface area contributed by atoms with Crippen molar-refractivity contribution in [3.63, 3.8) is 0 Å². The fourth-order valence-electron chi connectivity index (χ4n) is 3.13. The van der Waals surface area contributed by atoms with Gasteiger partial charge in [-0.25, -0.2) is 0 Å². The number of nitrogens with one attached hydrogen (secondary N) is 1. The Morgan fingerprint density at radius 2 is 1.96 bits per heavy atom. The van der Waals surface area contributed by atoms with E-state index < -0.39 is 5.91 Å². The second kappa shape index (κ2) is 5.86. The van der Waals surface area contributed by atoms with Crippen LogP contribution in [-0.4, -0.2) is 10.5 Å². The molecular formula is C18H12Br2N2O2. The van der Waals surface area contributed by atoms with Gasteiger partial charge in [-0.15, -0.1) is 0 Å². The van der Waals surface area contributed by atoms with Gasteiger partial charge in [-0.1, -0.05) is 37.9 Å². The zero-order chi connectivity index (χ0) is 16.8. The average molecular weight is 448 g/mol. The van der Waals surface area contributed by atoms with Crippen LogP contribution in [0.3, 0.4) is 0 Å². The lowest BCUT2D eigenvalue weighted by Crippen LogP contribution is -2.23. The molecule has 0 spiro atoms. The van der Waals surface area contributed by atoms with Crippen molar-refractivity contribution in [2.45, 2.75) is 13.0 Å². The highest BCUT2D eigenvalue weighted by Gasteiger charge is 2.21. The van der Waals surface area contributed by atoms with Crippen LogP contribution in [0.25, 0.3) is 10.9 Å². The number of rotatable bonds is 2. The van der Waals surface area contributed by atoms with Crippen molar-refractivity contribution in [1.29, 1.82) is 0 Å². The molecule has 4 nitrogen and oxygen atoms in total. The molecule has 0 unspecified atom stereocenters. The highest BCUT2D eigenvalue weighted by molar-refractivity contribution is 9.10. The Bertz CT molecular complexity index is 1060. The summed E-state index contributed by atoms with van der Waals surface area (Å²) < 4.78 is 3.72. The lowest BCUT2D eigenvalue weighted by atomic mass is 10.1. The van der Waals surface area contributed by atoms with E-state index in [1.54, 1.807) is 24.4 Å². The number of carbonyl (C=O) groups excluding carboxylic acids is 1. The summed E-state index contributed by atoms with van der Waals surface area (Å²) in [5, 5.41) is 3.38. The molecule has 1 aliphatic rings. The molecule has 2 heterocycles. The molecular weight excluding hydrogens is 436 g/mol. The quantitative estimate of drug-likeness (QED) is 0.635. The van der Waals surface area contributed by atoms with Crippen molar-refractivity contribution >= 4 is 54.4 Å². The molecule has 0 saturated carbocycles. The number of aromatic nitrogens is 1. The van der Waals surface area contributed by atoms with Crippen molar-refractivity contribution in [3.05, 3.63) is 72.9 Å². The molecule has 120 valence electrons. The van der Waals surface area contributed by atoms with Gasteiger partial charge >= 0.3 is 0 Å². The molecule has 0 radical (unpaired) electrons. The van der Waals surface area contributed by atoms with Gasteiger partial charge in [0.05, 0.1) is 5.52 Å². The van der Waals surface area contributed by atoms with Gasteiger partial charge < -0.3 is 9.88 Å². The van der Waals surface area contributed by atoms with Gasteiger partial charge in [-0.05, 0) is 42.3 Å². The number of benzene rings is 2. The third-order valence-corrected chi connectivity index (χ3v) is 5.12. The fourth-order valence-corrected chi connectivity index (χ4v) is 4.03. The Morgan fingerprint density at radius 3 is 2.75 bits per heavy atom. The molecule has 0 bridgehead atoms. The number of pyridine rings is 1. The second-order valence-corrected chi connectivity index (χ2v) is 7.57. The van der Waals surface area contributed by atoms with E-state index in [2.05, 4.69) is 37.2 Å². The Balaban J connectivity index is 1.82. The number of hydrogen-bond donors (Lipinski definition) is 1. The number of anilines is 1. The standard InChI is InChI=1S/C18H12Br2N2O2/c19-11-2-1-3-13(7-11)21-18(24)15-9-22-5-4-10-6-12(20)8-14(16(10)22)17(15)23/h1-3,6-9H,4-5H2,(H,21,24). The maximum atomic E-state index is 12.8. The van der Waals surface area contributed by atoms with Gasteiger partial charge in [-0.3, -0.25) is 9.59 Å². The Labute approximate surface area is 154 Å². The highest BCUT2D eigenvalue weighted by Crippen LogP contribution is 2.28. The second-order valence-electron chi connectivity index (χ2n) is 5.74. The van der Waals surface area contributed by atoms with E-state index in [9.17, 15) is 9.59 Å². The summed E-state index contributed by atoms with van der Waals surface area (Å²) in [7, 11) is 0. The SMILES string of the molecule is O=C(Nc1cccc(Br)c1)c1cn2c3c(cc(Br)cc3c1=O)CC2. The van der Waals surface area contributed by atoms with E-state index in [1.807, 2.05) is 22.8 Å². The molecule has 0 fully saturated rings. The maximum absolute atomic E-state index is 12.8. The molecule has 2 aromatic carbocycles. The number of hydrogen-bond acceptors (Lipinski definition) is 2. The minimum atomic E-state index is -0.392. The Kier molecular flexibility index (Phi) is 3.81. The smallest absolute Gasteiger partial charge is 0.261 e. The van der Waals surface area contributed by atoms with Gasteiger partial charge in [0.15, 0.2) is 0 Å². The van der Waals surface area contributed by atoms with E-state index >= 15 is 0 Å². The normalized spacial score (nSPS) is 12.6. The van der Waals surface area contributed by atoms with Gasteiger partial charge in [0, 0.05) is 32.8 Å². The minimum absolute atomic E-state index is 0.161. The largest absolute Gasteiger partial charge is 0.346 e. The molecule has 3 aromatic rings. The molecule has 1 amide bonds. The van der Waals surface area contributed by atoms with Crippen LogP contribution in [-0.2, 0) is 13.0 Å². The summed E-state index contributed by atoms with van der Waals surface area (Å²) in [6.45, 7) is 0.778. The molecule has 1 N–H and O–H groups in total. The van der Waals surface area contributed by atoms with Gasteiger partial charge in [-0.2, -0.15) is 0 Å². The Hall–Kier alpha value is -1.92. The number of aryl methyl sites for hydroxylation is 2. The summed E-state index contributed by atoms with van der Waals surface area (Å²) in [5.74, 6) is -0.392. The van der Waals surface area contributed by atoms with Gasteiger partial charge in [0.2, 0.25) is 5.43 Å². The van der Waals surface area contributed by atoms with Crippen LogP contribution < -0.4 is 10.7 Å². The number of carbonyl (C=O) groups is 1. The van der Waals surface area contributed by atoms with Crippen LogP contribution in [0.5, 0.6) is 0 Å². The molecule has 6 heteroatoms. The van der Waals surface area contributed by atoms with Crippen LogP contribution in [0.4, 0.5) is 5.69 Å². The first-order chi connectivity index (χ1) is 11.5. The van der Waals surface area contributed by atoms with Crippen molar-refractivity contribution in [3.8, 4) is 0 Å². The molecule has 0 atom stereocenters. The van der Waals surface area contributed by atoms with Crippen LogP contribution in [0.2, 0.25) is 0 Å². The third kappa shape index (κ3) is 2.59. The van der Waals surface area contributed by atoms with Crippen molar-refractivity contribution in [1.82, 2.24) is 4.57 Å². The monoisotopic (exact) mass is 446 g/mol. The molecule has 24 heavy (non-hydrogen) atoms. The maximum Gasteiger partial charge on any atom is 0.261 e. The first kappa shape index (κ1) is 15.6. The lowest BCUT2D eigenvalue weighted by molar-refractivity contribution is 0.102. The minimum Gasteiger partial charge on any atom is -0.346 e. The van der Waals surface area contributed by atoms with Crippen molar-refractivity contribution in [2.75, 3.05) is 5.32 Å². The van der Waals surface area contributed by atoms with Crippen LogP contribution in [0.15, 0.2) is 56.3 Å². The number of nitrogens with zero attached hydrogens (tertiary/aromatic N) is 1. The van der Waals surface area contributed by atoms with Crippen LogP contribution in [0, 0.1) is 0 Å². The lowest BCUT2D eigenvalue weighted by Gasteiger charge is -2.10. The average Bonchev–Trinajstić information content (AvgIpc) is 2.93. The fraction of sp³-hybridized carbons (Fsp3) is 0.111. The molecule has 1 aromatic heterocycles. The predicted molar refractivity (Wildman–Crippen MR) is 102 cm³/mol.